The standard InChI is InChI=1S/C5H4F3O2.Au/c1-3(9)2-4(10)5(6,7)8;/h2H,1H3;. The molecule has 0 saturated heterocycles. The molecule has 6 heteroatoms. The summed E-state index contributed by atoms with van der Waals surface area (Å²) in [4.78, 5) is 20.5. The maximum absolute atomic E-state index is 11.5. The molecule has 0 aliphatic rings. The molecule has 11 heavy (non-hydrogen) atoms. The van der Waals surface area contributed by atoms with E-state index in [-0.39, 0.29) is 0 Å². The summed E-state index contributed by atoms with van der Waals surface area (Å²) in [6.07, 6.45) is -4.91. The molecule has 0 rings (SSSR count). The van der Waals surface area contributed by atoms with Gasteiger partial charge in [0.1, 0.15) is 0 Å². The normalized spacial score (nSPS) is 14.4. The molecule has 0 saturated carbocycles. The first-order chi connectivity index (χ1) is 4.76. The molecule has 0 amide bonds. The Hall–Kier alpha value is -0.130. The Morgan fingerprint density at radius 1 is 1.36 bits per heavy atom. The SMILES string of the molecule is CC(=O)[CH]([Au])C(=O)C(F)(F)F. The van der Waals surface area contributed by atoms with Crippen LogP contribution in [0.3, 0.4) is 0 Å². The number of carbonyl (C=O) groups excluding carboxylic acids is 2. The molecule has 0 aromatic carbocycles. The van der Waals surface area contributed by atoms with E-state index in [0.717, 1.165) is 6.92 Å². The van der Waals surface area contributed by atoms with Gasteiger partial charge in [-0.3, -0.25) is 0 Å². The molecular formula is C5H4AuF3O2. The summed E-state index contributed by atoms with van der Waals surface area (Å²) in [6, 6.07) is 0. The summed E-state index contributed by atoms with van der Waals surface area (Å²) in [5, 5.41) is 0. The Bertz CT molecular complexity index is 187. The third-order valence-electron chi connectivity index (χ3n) is 0.815. The van der Waals surface area contributed by atoms with Crippen LogP contribution >= 0.6 is 0 Å². The van der Waals surface area contributed by atoms with Crippen LogP contribution in [0.4, 0.5) is 13.2 Å². The number of alkyl halides is 3. The zero-order valence-electron chi connectivity index (χ0n) is 5.33. The number of ketones is 2. The monoisotopic (exact) mass is 350 g/mol. The summed E-state index contributed by atoms with van der Waals surface area (Å²) >= 11 is 1.35. The molecule has 0 bridgehead atoms. The molecule has 1 atom stereocenters. The van der Waals surface area contributed by atoms with Crippen molar-refractivity contribution in [3.63, 3.8) is 0 Å². The Kier molecular flexibility index (Phi) is 3.47. The third kappa shape index (κ3) is 3.18. The summed E-state index contributed by atoms with van der Waals surface area (Å²) in [6.45, 7) is 0.939. The molecule has 0 heterocycles. The summed E-state index contributed by atoms with van der Waals surface area (Å²) in [5.74, 6) is -2.80. The van der Waals surface area contributed by atoms with E-state index < -0.39 is 21.9 Å². The fourth-order valence-corrected chi connectivity index (χ4v) is 0.670. The minimum atomic E-state index is -4.91. The molecule has 0 radical (unpaired) electrons. The van der Waals surface area contributed by atoms with Gasteiger partial charge in [-0.15, -0.1) is 0 Å². The first-order valence-corrected chi connectivity index (χ1v) is 3.73. The summed E-state index contributed by atoms with van der Waals surface area (Å²) in [5.41, 5.74) is 0. The van der Waals surface area contributed by atoms with E-state index in [0.29, 0.717) is 0 Å². The van der Waals surface area contributed by atoms with Crippen molar-refractivity contribution in [1.29, 1.82) is 0 Å². The van der Waals surface area contributed by atoms with Crippen LogP contribution in [-0.2, 0) is 30.7 Å². The van der Waals surface area contributed by atoms with Crippen molar-refractivity contribution >= 4 is 11.6 Å². The zero-order valence-corrected chi connectivity index (χ0v) is 7.50. The van der Waals surface area contributed by atoms with E-state index in [2.05, 4.69) is 0 Å². The molecule has 68 valence electrons. The van der Waals surface area contributed by atoms with E-state index in [1.54, 1.807) is 0 Å². The number of hydrogen-bond donors (Lipinski definition) is 0. The average molecular weight is 350 g/mol. The maximum atomic E-state index is 11.5. The van der Waals surface area contributed by atoms with Crippen molar-refractivity contribution in [2.75, 3.05) is 0 Å². The Morgan fingerprint density at radius 2 is 1.73 bits per heavy atom. The van der Waals surface area contributed by atoms with Gasteiger partial charge in [-0.25, -0.2) is 0 Å². The van der Waals surface area contributed by atoms with Crippen LogP contribution in [-0.4, -0.2) is 17.7 Å². The quantitative estimate of drug-likeness (QED) is 0.551. The van der Waals surface area contributed by atoms with Gasteiger partial charge in [-0.2, -0.15) is 0 Å². The molecule has 1 unspecified atom stereocenters. The molecule has 0 fully saturated rings. The van der Waals surface area contributed by atoms with Crippen molar-refractivity contribution < 1.29 is 43.8 Å². The Labute approximate surface area is 73.1 Å². The minimum absolute atomic E-state index is 0.796. The molecule has 0 aliphatic heterocycles. The topological polar surface area (TPSA) is 34.1 Å². The number of halogens is 3. The van der Waals surface area contributed by atoms with Crippen molar-refractivity contribution in [2.45, 2.75) is 17.2 Å². The molecule has 2 nitrogen and oxygen atoms in total. The number of hydrogen-bond acceptors (Lipinski definition) is 2. The number of rotatable bonds is 2. The van der Waals surface area contributed by atoms with Crippen LogP contribution in [0.2, 0.25) is 4.14 Å². The number of Topliss-reactive ketones (excluding diaryl/α,β-unsaturated/α-hetero) is 2. The molecule has 0 aromatic rings. The summed E-state index contributed by atoms with van der Waals surface area (Å²) < 4.78 is 33.0. The first kappa shape index (κ1) is 10.9. The second-order valence-electron chi connectivity index (χ2n) is 1.79. The molecular weight excluding hydrogens is 346 g/mol. The summed E-state index contributed by atoms with van der Waals surface area (Å²) in [7, 11) is 0. The van der Waals surface area contributed by atoms with Crippen LogP contribution in [0.15, 0.2) is 0 Å². The predicted octanol–water partition coefficient (Wildman–Crippen LogP) is 1.04. The Balaban J connectivity index is 4.39. The van der Waals surface area contributed by atoms with Gasteiger partial charge < -0.3 is 0 Å². The van der Waals surface area contributed by atoms with Crippen molar-refractivity contribution in [2.24, 2.45) is 0 Å². The van der Waals surface area contributed by atoms with Crippen molar-refractivity contribution in [3.8, 4) is 0 Å². The van der Waals surface area contributed by atoms with Crippen molar-refractivity contribution in [3.05, 3.63) is 0 Å². The van der Waals surface area contributed by atoms with Crippen molar-refractivity contribution in [1.82, 2.24) is 0 Å². The van der Waals surface area contributed by atoms with Crippen LogP contribution in [0, 0.1) is 0 Å². The zero-order chi connectivity index (χ0) is 9.23. The van der Waals surface area contributed by atoms with Gasteiger partial charge in [-0.05, 0) is 0 Å². The van der Waals surface area contributed by atoms with Gasteiger partial charge >= 0.3 is 72.6 Å². The van der Waals surface area contributed by atoms with Gasteiger partial charge in [-0.1, -0.05) is 0 Å². The van der Waals surface area contributed by atoms with Crippen LogP contribution < -0.4 is 0 Å². The molecule has 0 aliphatic carbocycles. The second kappa shape index (κ2) is 3.51. The van der Waals surface area contributed by atoms with Gasteiger partial charge in [0.2, 0.25) is 0 Å². The van der Waals surface area contributed by atoms with E-state index in [9.17, 15) is 22.8 Å². The first-order valence-electron chi connectivity index (χ1n) is 2.48. The van der Waals surface area contributed by atoms with Crippen LogP contribution in [0.1, 0.15) is 6.92 Å². The fraction of sp³-hybridized carbons (Fsp3) is 0.600. The fourth-order valence-electron chi connectivity index (χ4n) is 0.316. The second-order valence-corrected chi connectivity index (χ2v) is 3.04. The molecule has 0 aromatic heterocycles. The van der Waals surface area contributed by atoms with Gasteiger partial charge in [0.05, 0.1) is 0 Å². The van der Waals surface area contributed by atoms with Gasteiger partial charge in [0.15, 0.2) is 0 Å². The molecule has 0 spiro atoms. The Morgan fingerprint density at radius 3 is 1.82 bits per heavy atom. The van der Waals surface area contributed by atoms with E-state index >= 15 is 0 Å². The van der Waals surface area contributed by atoms with E-state index in [1.165, 1.54) is 21.1 Å². The predicted molar refractivity (Wildman–Crippen MR) is 25.5 cm³/mol. The third-order valence-corrected chi connectivity index (χ3v) is 2.26. The van der Waals surface area contributed by atoms with Gasteiger partial charge in [0, 0.05) is 0 Å². The van der Waals surface area contributed by atoms with E-state index in [4.69, 9.17) is 0 Å². The molecule has 0 N–H and O–H groups in total. The van der Waals surface area contributed by atoms with Crippen LogP contribution in [0.25, 0.3) is 0 Å². The van der Waals surface area contributed by atoms with Crippen LogP contribution in [0.5, 0.6) is 0 Å². The van der Waals surface area contributed by atoms with E-state index in [1.807, 2.05) is 0 Å². The average Bonchev–Trinajstić information content (AvgIpc) is 1.82. The van der Waals surface area contributed by atoms with Gasteiger partial charge in [0.25, 0.3) is 0 Å². The number of carbonyl (C=O) groups is 2.